The summed E-state index contributed by atoms with van der Waals surface area (Å²) in [6, 6.07) is 3.24. The van der Waals surface area contributed by atoms with Gasteiger partial charge in [0.1, 0.15) is 12.0 Å². The molecule has 1 aromatic carbocycles. The first kappa shape index (κ1) is 11.4. The van der Waals surface area contributed by atoms with Crippen molar-refractivity contribution in [2.75, 3.05) is 6.61 Å². The molecule has 1 aromatic rings. The SMILES string of the molecule is CCOc1cc(C=O)cc(C(C)=O)c1C. The van der Waals surface area contributed by atoms with Gasteiger partial charge in [-0.3, -0.25) is 9.59 Å². The van der Waals surface area contributed by atoms with Gasteiger partial charge >= 0.3 is 0 Å². The predicted octanol–water partition coefficient (Wildman–Crippen LogP) is 2.41. The maximum atomic E-state index is 11.3. The number of benzene rings is 1. The van der Waals surface area contributed by atoms with Crippen molar-refractivity contribution in [3.05, 3.63) is 28.8 Å². The zero-order valence-electron chi connectivity index (χ0n) is 9.16. The molecule has 0 aromatic heterocycles. The summed E-state index contributed by atoms with van der Waals surface area (Å²) in [5, 5.41) is 0. The fraction of sp³-hybridized carbons (Fsp3) is 0.333. The van der Waals surface area contributed by atoms with E-state index in [1.165, 1.54) is 6.92 Å². The van der Waals surface area contributed by atoms with Crippen LogP contribution < -0.4 is 4.74 Å². The zero-order chi connectivity index (χ0) is 11.4. The highest BCUT2D eigenvalue weighted by molar-refractivity contribution is 5.97. The van der Waals surface area contributed by atoms with Gasteiger partial charge < -0.3 is 4.74 Å². The molecule has 0 heterocycles. The van der Waals surface area contributed by atoms with E-state index in [-0.39, 0.29) is 5.78 Å². The van der Waals surface area contributed by atoms with Crippen molar-refractivity contribution in [1.82, 2.24) is 0 Å². The molecule has 0 saturated carbocycles. The lowest BCUT2D eigenvalue weighted by Crippen LogP contribution is -2.02. The number of carbonyl (C=O) groups excluding carboxylic acids is 2. The molecule has 0 saturated heterocycles. The lowest BCUT2D eigenvalue weighted by Gasteiger charge is -2.10. The number of aldehydes is 1. The lowest BCUT2D eigenvalue weighted by atomic mass is 10.0. The Kier molecular flexibility index (Phi) is 3.61. The van der Waals surface area contributed by atoms with Gasteiger partial charge in [-0.25, -0.2) is 0 Å². The molecule has 0 aliphatic rings. The molecule has 0 radical (unpaired) electrons. The Bertz CT molecular complexity index is 394. The second kappa shape index (κ2) is 4.73. The van der Waals surface area contributed by atoms with Crippen LogP contribution in [0.2, 0.25) is 0 Å². The van der Waals surface area contributed by atoms with E-state index in [2.05, 4.69) is 0 Å². The third-order valence-electron chi connectivity index (χ3n) is 2.20. The van der Waals surface area contributed by atoms with Crippen LogP contribution in [0, 0.1) is 6.92 Å². The molecule has 0 spiro atoms. The summed E-state index contributed by atoms with van der Waals surface area (Å²) in [6.45, 7) is 5.67. The van der Waals surface area contributed by atoms with Crippen LogP contribution in [0.25, 0.3) is 0 Å². The van der Waals surface area contributed by atoms with Gasteiger partial charge in [0.15, 0.2) is 5.78 Å². The summed E-state index contributed by atoms with van der Waals surface area (Å²) in [5.41, 5.74) is 1.80. The largest absolute Gasteiger partial charge is 0.494 e. The average molecular weight is 206 g/mol. The van der Waals surface area contributed by atoms with E-state index < -0.39 is 0 Å². The summed E-state index contributed by atoms with van der Waals surface area (Å²) < 4.78 is 5.36. The number of ketones is 1. The van der Waals surface area contributed by atoms with Gasteiger partial charge in [0.2, 0.25) is 0 Å². The Balaban J connectivity index is 3.32. The number of carbonyl (C=O) groups is 2. The Morgan fingerprint density at radius 3 is 2.60 bits per heavy atom. The molecule has 0 unspecified atom stereocenters. The molecule has 15 heavy (non-hydrogen) atoms. The highest BCUT2D eigenvalue weighted by Crippen LogP contribution is 2.23. The molecular formula is C12H14O3. The van der Waals surface area contributed by atoms with Crippen molar-refractivity contribution in [2.24, 2.45) is 0 Å². The molecule has 0 fully saturated rings. The quantitative estimate of drug-likeness (QED) is 0.561. The average Bonchev–Trinajstić information content (AvgIpc) is 2.21. The predicted molar refractivity (Wildman–Crippen MR) is 57.7 cm³/mol. The van der Waals surface area contributed by atoms with Crippen LogP contribution in [-0.4, -0.2) is 18.7 Å². The van der Waals surface area contributed by atoms with E-state index in [1.807, 2.05) is 13.8 Å². The van der Waals surface area contributed by atoms with Gasteiger partial charge in [-0.1, -0.05) is 0 Å². The van der Waals surface area contributed by atoms with E-state index in [0.717, 1.165) is 5.56 Å². The number of ether oxygens (including phenoxy) is 1. The highest BCUT2D eigenvalue weighted by Gasteiger charge is 2.11. The number of hydrogen-bond donors (Lipinski definition) is 0. The molecule has 1 rings (SSSR count). The van der Waals surface area contributed by atoms with Gasteiger partial charge in [-0.15, -0.1) is 0 Å². The maximum Gasteiger partial charge on any atom is 0.160 e. The molecular weight excluding hydrogens is 192 g/mol. The Morgan fingerprint density at radius 2 is 2.13 bits per heavy atom. The highest BCUT2D eigenvalue weighted by atomic mass is 16.5. The smallest absolute Gasteiger partial charge is 0.160 e. The van der Waals surface area contributed by atoms with Crippen LogP contribution in [0.3, 0.4) is 0 Å². The van der Waals surface area contributed by atoms with Crippen molar-refractivity contribution in [3.63, 3.8) is 0 Å². The minimum Gasteiger partial charge on any atom is -0.494 e. The Hall–Kier alpha value is -1.64. The second-order valence-electron chi connectivity index (χ2n) is 3.30. The van der Waals surface area contributed by atoms with Gasteiger partial charge in [-0.2, -0.15) is 0 Å². The van der Waals surface area contributed by atoms with Crippen molar-refractivity contribution in [3.8, 4) is 5.75 Å². The molecule has 0 amide bonds. The van der Waals surface area contributed by atoms with Crippen molar-refractivity contribution in [2.45, 2.75) is 20.8 Å². The first-order valence-electron chi connectivity index (χ1n) is 4.83. The van der Waals surface area contributed by atoms with E-state index in [1.54, 1.807) is 12.1 Å². The Labute approximate surface area is 89.1 Å². The number of rotatable bonds is 4. The van der Waals surface area contributed by atoms with Gasteiger partial charge in [0, 0.05) is 16.7 Å². The standard InChI is InChI=1S/C12H14O3/c1-4-15-12-6-10(7-13)5-11(8(12)2)9(3)14/h5-7H,4H2,1-3H3. The monoisotopic (exact) mass is 206 g/mol. The number of hydrogen-bond acceptors (Lipinski definition) is 3. The Morgan fingerprint density at radius 1 is 1.47 bits per heavy atom. The minimum atomic E-state index is -0.0582. The first-order chi connectivity index (χ1) is 7.10. The topological polar surface area (TPSA) is 43.4 Å². The first-order valence-corrected chi connectivity index (χ1v) is 4.83. The van der Waals surface area contributed by atoms with Gasteiger partial charge in [0.25, 0.3) is 0 Å². The van der Waals surface area contributed by atoms with Crippen molar-refractivity contribution in [1.29, 1.82) is 0 Å². The third kappa shape index (κ3) is 2.43. The lowest BCUT2D eigenvalue weighted by molar-refractivity contribution is 0.101. The normalized spacial score (nSPS) is 9.80. The molecule has 3 heteroatoms. The second-order valence-corrected chi connectivity index (χ2v) is 3.30. The summed E-state index contributed by atoms with van der Waals surface area (Å²) in [4.78, 5) is 22.0. The van der Waals surface area contributed by atoms with Gasteiger partial charge in [-0.05, 0) is 32.9 Å². The molecule has 0 aliphatic heterocycles. The fourth-order valence-electron chi connectivity index (χ4n) is 1.45. The van der Waals surface area contributed by atoms with E-state index >= 15 is 0 Å². The molecule has 0 aliphatic carbocycles. The van der Waals surface area contributed by atoms with E-state index in [4.69, 9.17) is 4.74 Å². The van der Waals surface area contributed by atoms with Crippen LogP contribution >= 0.6 is 0 Å². The molecule has 80 valence electrons. The number of Topliss-reactive ketones (excluding diaryl/α,β-unsaturated/α-hetero) is 1. The summed E-state index contributed by atoms with van der Waals surface area (Å²) in [7, 11) is 0. The van der Waals surface area contributed by atoms with Crippen LogP contribution in [0.1, 0.15) is 40.1 Å². The minimum absolute atomic E-state index is 0.0582. The summed E-state index contributed by atoms with van der Waals surface area (Å²) in [5.74, 6) is 0.546. The van der Waals surface area contributed by atoms with E-state index in [0.29, 0.717) is 29.8 Å². The van der Waals surface area contributed by atoms with Crippen LogP contribution in [-0.2, 0) is 0 Å². The van der Waals surface area contributed by atoms with Crippen molar-refractivity contribution < 1.29 is 14.3 Å². The molecule has 3 nitrogen and oxygen atoms in total. The van der Waals surface area contributed by atoms with Crippen LogP contribution in [0.5, 0.6) is 5.75 Å². The van der Waals surface area contributed by atoms with E-state index in [9.17, 15) is 9.59 Å². The summed E-state index contributed by atoms with van der Waals surface area (Å²) >= 11 is 0. The van der Waals surface area contributed by atoms with Crippen molar-refractivity contribution >= 4 is 12.1 Å². The van der Waals surface area contributed by atoms with Gasteiger partial charge in [0.05, 0.1) is 6.61 Å². The van der Waals surface area contributed by atoms with Crippen LogP contribution in [0.4, 0.5) is 0 Å². The van der Waals surface area contributed by atoms with Crippen LogP contribution in [0.15, 0.2) is 12.1 Å². The third-order valence-corrected chi connectivity index (χ3v) is 2.20. The fourth-order valence-corrected chi connectivity index (χ4v) is 1.45. The molecule has 0 bridgehead atoms. The maximum absolute atomic E-state index is 11.3. The molecule has 0 N–H and O–H groups in total. The zero-order valence-corrected chi connectivity index (χ0v) is 9.16. The summed E-state index contributed by atoms with van der Waals surface area (Å²) in [6.07, 6.45) is 0.717. The molecule has 0 atom stereocenters.